The highest BCUT2D eigenvalue weighted by molar-refractivity contribution is 5.60. The molecule has 4 rings (SSSR count). The van der Waals surface area contributed by atoms with Crippen LogP contribution in [-0.4, -0.2) is 51.1 Å². The maximum atomic E-state index is 4.91. The number of piperazine rings is 1. The third-order valence-corrected chi connectivity index (χ3v) is 5.56. The fraction of sp³-hybridized carbons (Fsp3) is 0.435. The molecule has 7 nitrogen and oxygen atoms in total. The molecule has 3 aromatic heterocycles. The van der Waals surface area contributed by atoms with Gasteiger partial charge in [-0.25, -0.2) is 19.9 Å². The van der Waals surface area contributed by atoms with Crippen molar-refractivity contribution in [3.63, 3.8) is 0 Å². The first-order chi connectivity index (χ1) is 14.4. The summed E-state index contributed by atoms with van der Waals surface area (Å²) in [4.78, 5) is 27.9. The number of rotatable bonds is 4. The predicted octanol–water partition coefficient (Wildman–Crippen LogP) is 3.70. The van der Waals surface area contributed by atoms with Gasteiger partial charge in [-0.15, -0.1) is 0 Å². The van der Waals surface area contributed by atoms with E-state index in [2.05, 4.69) is 46.6 Å². The SMILES string of the molecule is Cc1cc(N2CCN(c3nc(-c4cccnc4)nc(C)c3C)CC2)nc(C(C)C)n1. The van der Waals surface area contributed by atoms with Crippen molar-refractivity contribution in [2.75, 3.05) is 36.0 Å². The molecular weight excluding hydrogens is 374 g/mol. The lowest BCUT2D eigenvalue weighted by molar-refractivity contribution is 0.633. The Bertz CT molecular complexity index is 1030. The largest absolute Gasteiger partial charge is 0.353 e. The zero-order chi connectivity index (χ0) is 21.3. The van der Waals surface area contributed by atoms with Gasteiger partial charge in [0.05, 0.1) is 0 Å². The molecule has 0 aliphatic carbocycles. The van der Waals surface area contributed by atoms with E-state index in [0.717, 1.165) is 72.0 Å². The van der Waals surface area contributed by atoms with Gasteiger partial charge in [-0.05, 0) is 32.9 Å². The van der Waals surface area contributed by atoms with Crippen LogP contribution in [0.15, 0.2) is 30.6 Å². The van der Waals surface area contributed by atoms with Gasteiger partial charge >= 0.3 is 0 Å². The summed E-state index contributed by atoms with van der Waals surface area (Å²) in [6.45, 7) is 14.1. The predicted molar refractivity (Wildman–Crippen MR) is 120 cm³/mol. The Morgan fingerprint density at radius 2 is 1.63 bits per heavy atom. The first-order valence-electron chi connectivity index (χ1n) is 10.5. The van der Waals surface area contributed by atoms with Crippen molar-refractivity contribution in [2.24, 2.45) is 0 Å². The zero-order valence-electron chi connectivity index (χ0n) is 18.4. The van der Waals surface area contributed by atoms with Crippen molar-refractivity contribution in [2.45, 2.75) is 40.5 Å². The molecular formula is C23H29N7. The molecule has 7 heteroatoms. The molecule has 0 bridgehead atoms. The molecule has 0 unspecified atom stereocenters. The molecule has 3 aromatic rings. The Morgan fingerprint density at radius 1 is 0.900 bits per heavy atom. The average Bonchev–Trinajstić information content (AvgIpc) is 2.76. The molecule has 1 aliphatic rings. The smallest absolute Gasteiger partial charge is 0.163 e. The van der Waals surface area contributed by atoms with E-state index in [9.17, 15) is 0 Å². The van der Waals surface area contributed by atoms with Gasteiger partial charge in [0, 0.05) is 73.1 Å². The van der Waals surface area contributed by atoms with Gasteiger partial charge in [0.25, 0.3) is 0 Å². The Balaban J connectivity index is 1.55. The summed E-state index contributed by atoms with van der Waals surface area (Å²) < 4.78 is 0. The summed E-state index contributed by atoms with van der Waals surface area (Å²) in [7, 11) is 0. The van der Waals surface area contributed by atoms with Crippen LogP contribution in [0.5, 0.6) is 0 Å². The minimum Gasteiger partial charge on any atom is -0.353 e. The number of nitrogens with zero attached hydrogens (tertiary/aromatic N) is 7. The van der Waals surface area contributed by atoms with E-state index in [1.165, 1.54) is 0 Å². The Hall–Kier alpha value is -3.09. The molecule has 1 fully saturated rings. The molecule has 0 aromatic carbocycles. The van der Waals surface area contributed by atoms with Crippen molar-refractivity contribution < 1.29 is 0 Å². The fourth-order valence-electron chi connectivity index (χ4n) is 3.69. The molecule has 0 radical (unpaired) electrons. The first-order valence-corrected chi connectivity index (χ1v) is 10.5. The van der Waals surface area contributed by atoms with Crippen molar-refractivity contribution in [3.8, 4) is 11.4 Å². The number of pyridine rings is 1. The highest BCUT2D eigenvalue weighted by Gasteiger charge is 2.23. The van der Waals surface area contributed by atoms with Gasteiger partial charge in [0.2, 0.25) is 0 Å². The third-order valence-electron chi connectivity index (χ3n) is 5.56. The highest BCUT2D eigenvalue weighted by atomic mass is 15.3. The molecule has 4 heterocycles. The summed E-state index contributed by atoms with van der Waals surface area (Å²) in [6.07, 6.45) is 3.58. The van der Waals surface area contributed by atoms with Crippen molar-refractivity contribution in [1.82, 2.24) is 24.9 Å². The number of hydrogen-bond donors (Lipinski definition) is 0. The number of aromatic nitrogens is 5. The summed E-state index contributed by atoms with van der Waals surface area (Å²) in [5.41, 5.74) is 4.11. The zero-order valence-corrected chi connectivity index (χ0v) is 18.4. The van der Waals surface area contributed by atoms with Crippen LogP contribution in [0.2, 0.25) is 0 Å². The summed E-state index contributed by atoms with van der Waals surface area (Å²) in [5.74, 6) is 4.01. The van der Waals surface area contributed by atoms with E-state index in [1.807, 2.05) is 32.2 Å². The third kappa shape index (κ3) is 4.10. The van der Waals surface area contributed by atoms with Gasteiger partial charge in [-0.3, -0.25) is 4.98 Å². The lowest BCUT2D eigenvalue weighted by Crippen LogP contribution is -2.47. The van der Waals surface area contributed by atoms with Gasteiger partial charge in [0.15, 0.2) is 5.82 Å². The lowest BCUT2D eigenvalue weighted by Gasteiger charge is -2.37. The molecule has 1 saturated heterocycles. The standard InChI is InChI=1S/C23H29N7/c1-15(2)21-25-16(3)13-20(27-21)29-9-11-30(12-10-29)23-17(4)18(5)26-22(28-23)19-7-6-8-24-14-19/h6-8,13-15H,9-12H2,1-5H3. The van der Waals surface area contributed by atoms with Gasteiger partial charge < -0.3 is 9.80 Å². The van der Waals surface area contributed by atoms with Crippen LogP contribution in [0, 0.1) is 20.8 Å². The molecule has 1 aliphatic heterocycles. The van der Waals surface area contributed by atoms with Crippen LogP contribution in [0.1, 0.15) is 42.5 Å². The van der Waals surface area contributed by atoms with Crippen molar-refractivity contribution in [1.29, 1.82) is 0 Å². The van der Waals surface area contributed by atoms with Gasteiger partial charge in [-0.2, -0.15) is 0 Å². The second-order valence-electron chi connectivity index (χ2n) is 8.18. The normalized spacial score (nSPS) is 14.5. The average molecular weight is 404 g/mol. The van der Waals surface area contributed by atoms with Crippen LogP contribution in [0.4, 0.5) is 11.6 Å². The van der Waals surface area contributed by atoms with E-state index >= 15 is 0 Å². The van der Waals surface area contributed by atoms with E-state index in [0.29, 0.717) is 5.92 Å². The first kappa shape index (κ1) is 20.2. The fourth-order valence-corrected chi connectivity index (χ4v) is 3.69. The molecule has 0 saturated carbocycles. The minimum absolute atomic E-state index is 0.322. The van der Waals surface area contributed by atoms with Crippen LogP contribution < -0.4 is 9.80 Å². The van der Waals surface area contributed by atoms with Crippen molar-refractivity contribution >= 4 is 11.6 Å². The Kier molecular flexibility index (Phi) is 5.61. The van der Waals surface area contributed by atoms with Crippen LogP contribution in [0.3, 0.4) is 0 Å². The maximum Gasteiger partial charge on any atom is 0.163 e. The highest BCUT2D eigenvalue weighted by Crippen LogP contribution is 2.26. The minimum atomic E-state index is 0.322. The maximum absolute atomic E-state index is 4.91. The van der Waals surface area contributed by atoms with E-state index in [-0.39, 0.29) is 0 Å². The van der Waals surface area contributed by atoms with Crippen LogP contribution in [0.25, 0.3) is 11.4 Å². The van der Waals surface area contributed by atoms with Gasteiger partial charge in [-0.1, -0.05) is 13.8 Å². The Morgan fingerprint density at radius 3 is 2.30 bits per heavy atom. The summed E-state index contributed by atoms with van der Waals surface area (Å²) in [5, 5.41) is 0. The van der Waals surface area contributed by atoms with E-state index in [1.54, 1.807) is 6.20 Å². The van der Waals surface area contributed by atoms with Crippen LogP contribution >= 0.6 is 0 Å². The second-order valence-corrected chi connectivity index (χ2v) is 8.18. The van der Waals surface area contributed by atoms with E-state index < -0.39 is 0 Å². The molecule has 0 spiro atoms. The molecule has 0 amide bonds. The Labute approximate surface area is 178 Å². The summed E-state index contributed by atoms with van der Waals surface area (Å²) >= 11 is 0. The molecule has 30 heavy (non-hydrogen) atoms. The number of aryl methyl sites for hydroxylation is 2. The second kappa shape index (κ2) is 8.34. The van der Waals surface area contributed by atoms with Gasteiger partial charge in [0.1, 0.15) is 17.5 Å². The number of anilines is 2. The van der Waals surface area contributed by atoms with Crippen molar-refractivity contribution in [3.05, 3.63) is 53.4 Å². The lowest BCUT2D eigenvalue weighted by atomic mass is 10.2. The molecule has 0 N–H and O–H groups in total. The monoisotopic (exact) mass is 403 g/mol. The molecule has 0 atom stereocenters. The quantitative estimate of drug-likeness (QED) is 0.658. The number of hydrogen-bond acceptors (Lipinski definition) is 7. The summed E-state index contributed by atoms with van der Waals surface area (Å²) in [6, 6.07) is 6.01. The van der Waals surface area contributed by atoms with Crippen LogP contribution in [-0.2, 0) is 0 Å². The molecule has 156 valence electrons. The van der Waals surface area contributed by atoms with E-state index in [4.69, 9.17) is 15.0 Å². The topological polar surface area (TPSA) is 70.9 Å².